The van der Waals surface area contributed by atoms with Crippen molar-refractivity contribution >= 4 is 11.7 Å². The Labute approximate surface area is 94.9 Å². The Hall–Kier alpha value is -1.55. The fraction of sp³-hybridized carbons (Fsp3) is 0.417. The Bertz CT molecular complexity index is 377. The molecular formula is C12H17NO3. The summed E-state index contributed by atoms with van der Waals surface area (Å²) in [6.45, 7) is 4.23. The number of carboxylic acids is 1. The van der Waals surface area contributed by atoms with Crippen molar-refractivity contribution in [3.63, 3.8) is 0 Å². The highest BCUT2D eigenvalue weighted by molar-refractivity contribution is 5.88. The fourth-order valence-corrected chi connectivity index (χ4v) is 1.37. The molecule has 0 saturated carbocycles. The Morgan fingerprint density at radius 2 is 2.19 bits per heavy atom. The number of aryl methyl sites for hydroxylation is 1. The van der Waals surface area contributed by atoms with Gasteiger partial charge >= 0.3 is 5.97 Å². The second-order valence-electron chi connectivity index (χ2n) is 3.78. The number of aliphatic hydroxyl groups is 1. The lowest BCUT2D eigenvalue weighted by molar-refractivity contribution is 0.0697. The molecule has 0 aliphatic rings. The van der Waals surface area contributed by atoms with Crippen molar-refractivity contribution in [1.29, 1.82) is 0 Å². The maximum atomic E-state index is 10.7. The van der Waals surface area contributed by atoms with Gasteiger partial charge in [-0.2, -0.15) is 0 Å². The minimum atomic E-state index is -0.928. The van der Waals surface area contributed by atoms with Gasteiger partial charge in [-0.1, -0.05) is 6.92 Å². The first-order valence-corrected chi connectivity index (χ1v) is 5.30. The quantitative estimate of drug-likeness (QED) is 0.712. The van der Waals surface area contributed by atoms with Crippen LogP contribution in [-0.4, -0.2) is 28.8 Å². The van der Waals surface area contributed by atoms with Crippen molar-refractivity contribution < 1.29 is 15.0 Å². The molecular weight excluding hydrogens is 206 g/mol. The lowest BCUT2D eigenvalue weighted by Crippen LogP contribution is -2.18. The van der Waals surface area contributed by atoms with E-state index >= 15 is 0 Å². The lowest BCUT2D eigenvalue weighted by atomic mass is 10.1. The van der Waals surface area contributed by atoms with Gasteiger partial charge in [-0.05, 0) is 37.1 Å². The molecule has 0 aromatic heterocycles. The average molecular weight is 223 g/mol. The van der Waals surface area contributed by atoms with Crippen LogP contribution >= 0.6 is 0 Å². The summed E-state index contributed by atoms with van der Waals surface area (Å²) in [5, 5.41) is 21.3. The fourth-order valence-electron chi connectivity index (χ4n) is 1.37. The second kappa shape index (κ2) is 5.51. The van der Waals surface area contributed by atoms with Gasteiger partial charge in [-0.25, -0.2) is 4.79 Å². The molecule has 0 aliphatic heterocycles. The molecule has 1 unspecified atom stereocenters. The third-order valence-electron chi connectivity index (χ3n) is 2.47. The number of hydrogen-bond acceptors (Lipinski definition) is 3. The van der Waals surface area contributed by atoms with Crippen LogP contribution in [0.1, 0.15) is 29.3 Å². The Kier molecular flexibility index (Phi) is 4.31. The zero-order chi connectivity index (χ0) is 12.1. The molecule has 16 heavy (non-hydrogen) atoms. The number of aliphatic hydroxyl groups excluding tert-OH is 1. The summed E-state index contributed by atoms with van der Waals surface area (Å²) < 4.78 is 0. The van der Waals surface area contributed by atoms with Gasteiger partial charge in [-0.3, -0.25) is 0 Å². The summed E-state index contributed by atoms with van der Waals surface area (Å²) in [6, 6.07) is 4.89. The molecule has 1 aromatic carbocycles. The number of benzene rings is 1. The van der Waals surface area contributed by atoms with E-state index in [9.17, 15) is 9.90 Å². The highest BCUT2D eigenvalue weighted by Gasteiger charge is 2.06. The van der Waals surface area contributed by atoms with E-state index in [4.69, 9.17) is 5.11 Å². The van der Waals surface area contributed by atoms with E-state index in [0.29, 0.717) is 13.0 Å². The van der Waals surface area contributed by atoms with Crippen LogP contribution < -0.4 is 5.32 Å². The van der Waals surface area contributed by atoms with E-state index in [2.05, 4.69) is 5.32 Å². The highest BCUT2D eigenvalue weighted by atomic mass is 16.4. The number of carbonyl (C=O) groups is 1. The van der Waals surface area contributed by atoms with Gasteiger partial charge in [0.1, 0.15) is 0 Å². The first-order valence-electron chi connectivity index (χ1n) is 5.30. The van der Waals surface area contributed by atoms with Crippen molar-refractivity contribution in [3.8, 4) is 0 Å². The molecule has 88 valence electrons. The van der Waals surface area contributed by atoms with Crippen molar-refractivity contribution in [2.24, 2.45) is 0 Å². The van der Waals surface area contributed by atoms with Gasteiger partial charge in [0.25, 0.3) is 0 Å². The first-order chi connectivity index (χ1) is 7.54. The van der Waals surface area contributed by atoms with Gasteiger partial charge < -0.3 is 15.5 Å². The van der Waals surface area contributed by atoms with E-state index < -0.39 is 5.97 Å². The van der Waals surface area contributed by atoms with Crippen LogP contribution in [0.4, 0.5) is 5.69 Å². The van der Waals surface area contributed by atoms with Gasteiger partial charge in [0.2, 0.25) is 0 Å². The molecule has 4 heteroatoms. The van der Waals surface area contributed by atoms with Crippen LogP contribution in [0.2, 0.25) is 0 Å². The SMILES string of the molecule is CCC(O)CNc1ccc(C(=O)O)cc1C. The van der Waals surface area contributed by atoms with Crippen LogP contribution in [0.5, 0.6) is 0 Å². The van der Waals surface area contributed by atoms with Crippen molar-refractivity contribution in [2.45, 2.75) is 26.4 Å². The number of rotatable bonds is 5. The van der Waals surface area contributed by atoms with Gasteiger partial charge in [-0.15, -0.1) is 0 Å². The first kappa shape index (κ1) is 12.5. The Morgan fingerprint density at radius 1 is 1.50 bits per heavy atom. The topological polar surface area (TPSA) is 69.6 Å². The van der Waals surface area contributed by atoms with Crippen molar-refractivity contribution in [1.82, 2.24) is 0 Å². The molecule has 0 spiro atoms. The minimum absolute atomic E-state index is 0.277. The summed E-state index contributed by atoms with van der Waals surface area (Å²) in [5.74, 6) is -0.928. The molecule has 1 rings (SSSR count). The summed E-state index contributed by atoms with van der Waals surface area (Å²) in [6.07, 6.45) is 0.317. The molecule has 0 radical (unpaired) electrons. The van der Waals surface area contributed by atoms with Crippen molar-refractivity contribution in [2.75, 3.05) is 11.9 Å². The largest absolute Gasteiger partial charge is 0.478 e. The highest BCUT2D eigenvalue weighted by Crippen LogP contribution is 2.16. The van der Waals surface area contributed by atoms with Crippen molar-refractivity contribution in [3.05, 3.63) is 29.3 Å². The molecule has 0 fully saturated rings. The van der Waals surface area contributed by atoms with Crippen LogP contribution in [0.3, 0.4) is 0 Å². The number of nitrogens with one attached hydrogen (secondary N) is 1. The molecule has 0 saturated heterocycles. The smallest absolute Gasteiger partial charge is 0.335 e. The zero-order valence-corrected chi connectivity index (χ0v) is 9.53. The van der Waals surface area contributed by atoms with Crippen LogP contribution in [0.15, 0.2) is 18.2 Å². The molecule has 0 aliphatic carbocycles. The average Bonchev–Trinajstić information content (AvgIpc) is 2.26. The number of hydrogen-bond donors (Lipinski definition) is 3. The van der Waals surface area contributed by atoms with Crippen LogP contribution in [0, 0.1) is 6.92 Å². The number of carboxylic acid groups (broad SMARTS) is 1. The zero-order valence-electron chi connectivity index (χ0n) is 9.53. The van der Waals surface area contributed by atoms with Gasteiger partial charge in [0, 0.05) is 12.2 Å². The van der Waals surface area contributed by atoms with E-state index in [1.165, 1.54) is 0 Å². The predicted molar refractivity (Wildman–Crippen MR) is 62.9 cm³/mol. The van der Waals surface area contributed by atoms with Crippen LogP contribution in [-0.2, 0) is 0 Å². The van der Waals surface area contributed by atoms with Gasteiger partial charge in [0.15, 0.2) is 0 Å². The molecule has 0 heterocycles. The van der Waals surface area contributed by atoms with Crippen LogP contribution in [0.25, 0.3) is 0 Å². The third kappa shape index (κ3) is 3.24. The molecule has 3 N–H and O–H groups in total. The summed E-state index contributed by atoms with van der Waals surface area (Å²) >= 11 is 0. The third-order valence-corrected chi connectivity index (χ3v) is 2.47. The van der Waals surface area contributed by atoms with E-state index in [-0.39, 0.29) is 11.7 Å². The minimum Gasteiger partial charge on any atom is -0.478 e. The predicted octanol–water partition coefficient (Wildman–Crippen LogP) is 1.88. The Morgan fingerprint density at radius 3 is 2.69 bits per heavy atom. The molecule has 1 aromatic rings. The second-order valence-corrected chi connectivity index (χ2v) is 3.78. The number of anilines is 1. The molecule has 0 bridgehead atoms. The lowest BCUT2D eigenvalue weighted by Gasteiger charge is -2.13. The molecule has 1 atom stereocenters. The number of aromatic carboxylic acids is 1. The standard InChI is InChI=1S/C12H17NO3/c1-3-10(14)7-13-11-5-4-9(12(15)16)6-8(11)2/h4-6,10,13-14H,3,7H2,1-2H3,(H,15,16). The molecule has 0 amide bonds. The monoisotopic (exact) mass is 223 g/mol. The summed E-state index contributed by atoms with van der Waals surface area (Å²) in [7, 11) is 0. The summed E-state index contributed by atoms with van der Waals surface area (Å²) in [5.41, 5.74) is 2.00. The maximum absolute atomic E-state index is 10.7. The summed E-state index contributed by atoms with van der Waals surface area (Å²) in [4.78, 5) is 10.7. The Balaban J connectivity index is 2.72. The molecule has 4 nitrogen and oxygen atoms in total. The van der Waals surface area contributed by atoms with E-state index in [1.807, 2.05) is 13.8 Å². The maximum Gasteiger partial charge on any atom is 0.335 e. The van der Waals surface area contributed by atoms with E-state index in [0.717, 1.165) is 11.3 Å². The normalized spacial score (nSPS) is 12.2. The van der Waals surface area contributed by atoms with E-state index in [1.54, 1.807) is 18.2 Å². The van der Waals surface area contributed by atoms with Gasteiger partial charge in [0.05, 0.1) is 11.7 Å².